The number of methoxy groups -OCH3 is 2. The van der Waals surface area contributed by atoms with Crippen LogP contribution in [0.25, 0.3) is 0 Å². The van der Waals surface area contributed by atoms with Crippen molar-refractivity contribution in [2.75, 3.05) is 20.0 Å². The second-order valence-corrected chi connectivity index (χ2v) is 13.0. The summed E-state index contributed by atoms with van der Waals surface area (Å²) in [6.07, 6.45) is 2.76. The van der Waals surface area contributed by atoms with Gasteiger partial charge in [-0.25, -0.2) is 9.59 Å². The van der Waals surface area contributed by atoms with Crippen LogP contribution in [0.4, 0.5) is 5.69 Å². The SMILES string of the molecule is C.CCc1cccc(C)c1C(=S)NC(Cc1ccc(C)cc1)C(=O)OC.CCc1cccc(C)c1C(=S)NC(Cc1ccc(N)cc1)C(=O)OC. The second kappa shape index (κ2) is 20.9. The summed E-state index contributed by atoms with van der Waals surface area (Å²) < 4.78 is 9.92. The first-order valence-corrected chi connectivity index (χ1v) is 17.6. The Hall–Kier alpha value is -4.60. The first-order valence-electron chi connectivity index (χ1n) is 16.8. The number of anilines is 1. The van der Waals surface area contributed by atoms with E-state index in [9.17, 15) is 9.59 Å². The molecular weight excluding hydrogens is 675 g/mol. The van der Waals surface area contributed by atoms with Crippen molar-refractivity contribution in [3.05, 3.63) is 135 Å². The number of hydrogen-bond acceptors (Lipinski definition) is 7. The van der Waals surface area contributed by atoms with Crippen LogP contribution in [0.1, 0.15) is 71.3 Å². The molecule has 0 amide bonds. The fraction of sp³-hybridized carbons (Fsp3) is 0.333. The Bertz CT molecular complexity index is 1640. The standard InChI is InChI=1S/C21H25NO2S.C20H24N2O2S.CH4/c1-5-17-8-6-7-15(3)19(17)20(25)22-18(21(23)24-4)13-16-11-9-14(2)10-12-16;1-4-15-7-5-6-13(2)18(15)19(25)22-17(20(23)24-3)12-14-8-10-16(21)11-9-14;/h6-12,18H,5,13H2,1-4H3,(H,22,25);5-11,17H,4,12,21H2,1-3H3,(H,22,25);1H4. The smallest absolute Gasteiger partial charge is 0.328 e. The lowest BCUT2D eigenvalue weighted by Crippen LogP contribution is -2.43. The van der Waals surface area contributed by atoms with Gasteiger partial charge in [0, 0.05) is 29.7 Å². The van der Waals surface area contributed by atoms with Crippen LogP contribution in [-0.2, 0) is 44.7 Å². The van der Waals surface area contributed by atoms with Crippen LogP contribution in [0.5, 0.6) is 0 Å². The summed E-state index contributed by atoms with van der Waals surface area (Å²) in [6, 6.07) is 26.8. The minimum absolute atomic E-state index is 0. The van der Waals surface area contributed by atoms with Gasteiger partial charge in [0.25, 0.3) is 0 Å². The van der Waals surface area contributed by atoms with Gasteiger partial charge in [-0.15, -0.1) is 0 Å². The second-order valence-electron chi connectivity index (χ2n) is 12.2. The Labute approximate surface area is 315 Å². The Morgan fingerprint density at radius 3 is 1.37 bits per heavy atom. The van der Waals surface area contributed by atoms with Gasteiger partial charge in [-0.2, -0.15) is 0 Å². The normalized spacial score (nSPS) is 11.4. The minimum Gasteiger partial charge on any atom is -0.467 e. The summed E-state index contributed by atoms with van der Waals surface area (Å²) in [7, 11) is 2.79. The number of carbonyl (C=O) groups is 2. The molecule has 0 saturated heterocycles. The molecule has 272 valence electrons. The number of nitrogens with two attached hydrogens (primary N) is 1. The van der Waals surface area contributed by atoms with Crippen LogP contribution in [-0.4, -0.2) is 48.2 Å². The third-order valence-corrected chi connectivity index (χ3v) is 9.14. The van der Waals surface area contributed by atoms with Gasteiger partial charge in [-0.3, -0.25) is 0 Å². The molecule has 0 bridgehead atoms. The van der Waals surface area contributed by atoms with E-state index < -0.39 is 12.1 Å². The van der Waals surface area contributed by atoms with Crippen molar-refractivity contribution in [3.8, 4) is 0 Å². The van der Waals surface area contributed by atoms with Gasteiger partial charge in [-0.05, 0) is 79.1 Å². The van der Waals surface area contributed by atoms with Crippen molar-refractivity contribution in [2.24, 2.45) is 0 Å². The summed E-state index contributed by atoms with van der Waals surface area (Å²) >= 11 is 11.2. The van der Waals surface area contributed by atoms with Crippen molar-refractivity contribution in [2.45, 2.75) is 79.8 Å². The average molecular weight is 728 g/mol. The zero-order chi connectivity index (χ0) is 36.8. The van der Waals surface area contributed by atoms with E-state index in [1.165, 1.54) is 25.3 Å². The van der Waals surface area contributed by atoms with Crippen LogP contribution in [0, 0.1) is 20.8 Å². The summed E-state index contributed by atoms with van der Waals surface area (Å²) in [5, 5.41) is 6.41. The zero-order valence-corrected chi connectivity index (χ0v) is 31.7. The van der Waals surface area contributed by atoms with Crippen molar-refractivity contribution in [1.29, 1.82) is 0 Å². The van der Waals surface area contributed by atoms with Gasteiger partial charge in [0.1, 0.15) is 22.1 Å². The molecule has 0 heterocycles. The predicted molar refractivity (Wildman–Crippen MR) is 219 cm³/mol. The number of aryl methyl sites for hydroxylation is 5. The van der Waals surface area contributed by atoms with E-state index in [-0.39, 0.29) is 19.4 Å². The quantitative estimate of drug-likeness (QED) is 0.0769. The Morgan fingerprint density at radius 1 is 0.647 bits per heavy atom. The minimum atomic E-state index is -0.551. The number of nitrogen functional groups attached to an aromatic ring is 1. The van der Waals surface area contributed by atoms with E-state index in [4.69, 9.17) is 39.6 Å². The molecule has 2 unspecified atom stereocenters. The maximum absolute atomic E-state index is 12.2. The maximum atomic E-state index is 12.2. The van der Waals surface area contributed by atoms with E-state index in [0.717, 1.165) is 51.8 Å². The van der Waals surface area contributed by atoms with Gasteiger partial charge >= 0.3 is 11.9 Å². The molecule has 0 spiro atoms. The lowest BCUT2D eigenvalue weighted by molar-refractivity contribution is -0.143. The van der Waals surface area contributed by atoms with Gasteiger partial charge in [0.05, 0.1) is 14.2 Å². The van der Waals surface area contributed by atoms with E-state index in [2.05, 4.69) is 36.6 Å². The number of ether oxygens (including phenoxy) is 2. The number of thiocarbonyl (C=S) groups is 2. The number of hydrogen-bond donors (Lipinski definition) is 3. The summed E-state index contributed by atoms with van der Waals surface area (Å²) in [5.41, 5.74) is 16.2. The fourth-order valence-corrected chi connectivity index (χ4v) is 6.55. The third kappa shape index (κ3) is 12.3. The van der Waals surface area contributed by atoms with Gasteiger partial charge in [-0.1, -0.05) is 124 Å². The summed E-state index contributed by atoms with van der Waals surface area (Å²) in [6.45, 7) is 10.3. The predicted octanol–water partition coefficient (Wildman–Crippen LogP) is 7.74. The summed E-state index contributed by atoms with van der Waals surface area (Å²) in [5.74, 6) is -0.652. The molecule has 0 radical (unpaired) electrons. The third-order valence-electron chi connectivity index (χ3n) is 8.50. The zero-order valence-electron chi connectivity index (χ0n) is 30.1. The fourth-order valence-electron chi connectivity index (χ4n) is 5.68. The number of benzene rings is 4. The van der Waals surface area contributed by atoms with Crippen molar-refractivity contribution >= 4 is 52.0 Å². The maximum Gasteiger partial charge on any atom is 0.328 e. The largest absolute Gasteiger partial charge is 0.467 e. The number of esters is 2. The first kappa shape index (κ1) is 42.6. The van der Waals surface area contributed by atoms with Crippen molar-refractivity contribution < 1.29 is 19.1 Å². The number of rotatable bonds is 12. The van der Waals surface area contributed by atoms with E-state index >= 15 is 0 Å². The highest BCUT2D eigenvalue weighted by Gasteiger charge is 2.24. The Kier molecular flexibility index (Phi) is 17.5. The van der Waals surface area contributed by atoms with Gasteiger partial charge in [0.15, 0.2) is 0 Å². The highest BCUT2D eigenvalue weighted by atomic mass is 32.1. The van der Waals surface area contributed by atoms with Gasteiger partial charge in [0.2, 0.25) is 0 Å². The molecule has 7 nitrogen and oxygen atoms in total. The molecule has 0 aliphatic rings. The molecule has 0 fully saturated rings. The average Bonchev–Trinajstić information content (AvgIpc) is 3.11. The highest BCUT2D eigenvalue weighted by molar-refractivity contribution is 7.81. The Balaban J connectivity index is 0.000000347. The molecule has 4 aromatic rings. The van der Waals surface area contributed by atoms with Crippen LogP contribution in [0.3, 0.4) is 0 Å². The van der Waals surface area contributed by atoms with Crippen LogP contribution in [0.2, 0.25) is 0 Å². The lowest BCUT2D eigenvalue weighted by atomic mass is 9.99. The molecule has 0 aliphatic carbocycles. The Morgan fingerprint density at radius 2 is 1.02 bits per heavy atom. The molecule has 9 heteroatoms. The highest BCUT2D eigenvalue weighted by Crippen LogP contribution is 2.18. The van der Waals surface area contributed by atoms with Crippen LogP contribution in [0.15, 0.2) is 84.9 Å². The van der Waals surface area contributed by atoms with Crippen LogP contribution < -0.4 is 16.4 Å². The number of nitrogens with one attached hydrogen (secondary N) is 2. The molecule has 0 aliphatic heterocycles. The lowest BCUT2D eigenvalue weighted by Gasteiger charge is -2.21. The van der Waals surface area contributed by atoms with E-state index in [1.54, 1.807) is 0 Å². The van der Waals surface area contributed by atoms with E-state index in [1.807, 2.05) is 93.6 Å². The molecule has 51 heavy (non-hydrogen) atoms. The first-order chi connectivity index (χ1) is 23.9. The van der Waals surface area contributed by atoms with Crippen molar-refractivity contribution in [3.63, 3.8) is 0 Å². The van der Waals surface area contributed by atoms with E-state index in [0.29, 0.717) is 28.5 Å². The monoisotopic (exact) mass is 727 g/mol. The van der Waals surface area contributed by atoms with Crippen molar-refractivity contribution in [1.82, 2.24) is 10.6 Å². The molecule has 0 aromatic heterocycles. The molecule has 4 rings (SSSR count). The topological polar surface area (TPSA) is 103 Å². The summed E-state index contributed by atoms with van der Waals surface area (Å²) in [4.78, 5) is 25.6. The number of carbonyl (C=O) groups excluding carboxylic acids is 2. The molecule has 4 N–H and O–H groups in total. The molecule has 0 saturated carbocycles. The molecule has 4 aromatic carbocycles. The van der Waals surface area contributed by atoms with Gasteiger partial charge < -0.3 is 25.8 Å². The molecular formula is C42H53N3O4S2. The molecule has 2 atom stereocenters. The van der Waals surface area contributed by atoms with Crippen LogP contribution >= 0.6 is 24.4 Å².